The number of halogens is 2. The Labute approximate surface area is 149 Å². The summed E-state index contributed by atoms with van der Waals surface area (Å²) >= 11 is 5.97. The second kappa shape index (κ2) is 7.11. The Morgan fingerprint density at radius 1 is 1.24 bits per heavy atom. The molecule has 0 radical (unpaired) electrons. The van der Waals surface area contributed by atoms with Crippen molar-refractivity contribution in [3.63, 3.8) is 0 Å². The van der Waals surface area contributed by atoms with Crippen LogP contribution in [0.5, 0.6) is 0 Å². The summed E-state index contributed by atoms with van der Waals surface area (Å²) < 4.78 is 45.4. The van der Waals surface area contributed by atoms with Gasteiger partial charge < -0.3 is 4.74 Å². The summed E-state index contributed by atoms with van der Waals surface area (Å²) in [6.45, 7) is -0.123. The molecule has 132 valence electrons. The molecule has 0 unspecified atom stereocenters. The lowest BCUT2D eigenvalue weighted by Crippen LogP contribution is -2.26. The molecule has 0 amide bonds. The van der Waals surface area contributed by atoms with Crippen LogP contribution in [0.1, 0.15) is 28.8 Å². The molecule has 0 spiro atoms. The molecular formula is C17H15ClFNO4S. The topological polar surface area (TPSA) is 72.5 Å². The number of esters is 1. The second-order valence-electron chi connectivity index (χ2n) is 5.75. The van der Waals surface area contributed by atoms with Crippen molar-refractivity contribution < 1.29 is 22.3 Å². The largest absolute Gasteiger partial charge is 0.457 e. The van der Waals surface area contributed by atoms with Crippen molar-refractivity contribution in [2.45, 2.75) is 30.4 Å². The third-order valence-corrected chi connectivity index (χ3v) is 5.62. The summed E-state index contributed by atoms with van der Waals surface area (Å²) in [5.74, 6) is -1.15. The molecule has 0 aromatic heterocycles. The first-order valence-corrected chi connectivity index (χ1v) is 9.45. The van der Waals surface area contributed by atoms with Gasteiger partial charge in [0, 0.05) is 6.04 Å². The molecule has 0 bridgehead atoms. The maximum absolute atomic E-state index is 13.1. The molecule has 2 aromatic rings. The third kappa shape index (κ3) is 4.56. The number of hydrogen-bond acceptors (Lipinski definition) is 4. The van der Waals surface area contributed by atoms with Crippen LogP contribution < -0.4 is 4.72 Å². The lowest BCUT2D eigenvalue weighted by molar-refractivity contribution is 0.0472. The first-order chi connectivity index (χ1) is 11.8. The highest BCUT2D eigenvalue weighted by Crippen LogP contribution is 2.27. The van der Waals surface area contributed by atoms with Crippen LogP contribution in [-0.2, 0) is 21.4 Å². The van der Waals surface area contributed by atoms with Gasteiger partial charge >= 0.3 is 5.97 Å². The zero-order valence-corrected chi connectivity index (χ0v) is 14.6. The SMILES string of the molecule is O=C(OCc1cccc(F)c1)c1ccc(Cl)c(S(=O)(=O)NC2CC2)c1. The molecule has 1 saturated carbocycles. The fourth-order valence-electron chi connectivity index (χ4n) is 2.18. The molecule has 0 aliphatic heterocycles. The number of carbonyl (C=O) groups excluding carboxylic acids is 1. The minimum Gasteiger partial charge on any atom is -0.457 e. The molecule has 5 nitrogen and oxygen atoms in total. The van der Waals surface area contributed by atoms with E-state index >= 15 is 0 Å². The van der Waals surface area contributed by atoms with Crippen LogP contribution in [-0.4, -0.2) is 20.4 Å². The number of benzene rings is 2. The Morgan fingerprint density at radius 2 is 2.00 bits per heavy atom. The summed E-state index contributed by atoms with van der Waals surface area (Å²) in [6, 6.07) is 9.49. The molecule has 2 aromatic carbocycles. The number of nitrogens with one attached hydrogen (secondary N) is 1. The van der Waals surface area contributed by atoms with E-state index in [1.54, 1.807) is 6.07 Å². The number of sulfonamides is 1. The van der Waals surface area contributed by atoms with E-state index in [1.165, 1.54) is 36.4 Å². The van der Waals surface area contributed by atoms with Crippen molar-refractivity contribution in [2.75, 3.05) is 0 Å². The molecule has 25 heavy (non-hydrogen) atoms. The molecule has 1 aliphatic carbocycles. The first-order valence-electron chi connectivity index (χ1n) is 7.58. The minimum absolute atomic E-state index is 0.0230. The van der Waals surface area contributed by atoms with Crippen LogP contribution in [0, 0.1) is 5.82 Å². The standard InChI is InChI=1S/C17H15ClFNO4S/c18-15-7-4-12(9-16(15)25(22,23)20-14-5-6-14)17(21)24-10-11-2-1-3-13(19)8-11/h1-4,7-9,14,20H,5-6,10H2. The van der Waals surface area contributed by atoms with Gasteiger partial charge in [-0.15, -0.1) is 0 Å². The fourth-order valence-corrected chi connectivity index (χ4v) is 4.01. The van der Waals surface area contributed by atoms with E-state index in [0.29, 0.717) is 5.56 Å². The molecule has 0 atom stereocenters. The van der Waals surface area contributed by atoms with Gasteiger partial charge in [0.15, 0.2) is 0 Å². The number of rotatable bonds is 6. The van der Waals surface area contributed by atoms with Crippen LogP contribution in [0.2, 0.25) is 5.02 Å². The van der Waals surface area contributed by atoms with Gasteiger partial charge in [-0.05, 0) is 48.7 Å². The molecule has 1 N–H and O–H groups in total. The first kappa shape index (κ1) is 17.8. The lowest BCUT2D eigenvalue weighted by atomic mass is 10.2. The fraction of sp³-hybridized carbons (Fsp3) is 0.235. The van der Waals surface area contributed by atoms with E-state index < -0.39 is 21.8 Å². The highest BCUT2D eigenvalue weighted by Gasteiger charge is 2.29. The van der Waals surface area contributed by atoms with Crippen molar-refractivity contribution in [2.24, 2.45) is 0 Å². The second-order valence-corrected chi connectivity index (χ2v) is 7.84. The average Bonchev–Trinajstić information content (AvgIpc) is 3.36. The number of carbonyl (C=O) groups is 1. The van der Waals surface area contributed by atoms with Gasteiger partial charge in [0.05, 0.1) is 10.6 Å². The predicted molar refractivity (Wildman–Crippen MR) is 90.3 cm³/mol. The van der Waals surface area contributed by atoms with Crippen molar-refractivity contribution in [3.8, 4) is 0 Å². The van der Waals surface area contributed by atoms with Gasteiger partial charge in [-0.1, -0.05) is 23.7 Å². The lowest BCUT2D eigenvalue weighted by Gasteiger charge is -2.10. The Balaban J connectivity index is 1.75. The Morgan fingerprint density at radius 3 is 2.68 bits per heavy atom. The van der Waals surface area contributed by atoms with Crippen molar-refractivity contribution >= 4 is 27.6 Å². The van der Waals surface area contributed by atoms with Gasteiger partial charge in [0.2, 0.25) is 10.0 Å². The zero-order chi connectivity index (χ0) is 18.0. The van der Waals surface area contributed by atoms with Gasteiger partial charge in [-0.2, -0.15) is 0 Å². The van der Waals surface area contributed by atoms with Crippen LogP contribution in [0.25, 0.3) is 0 Å². The van der Waals surface area contributed by atoms with Crippen molar-refractivity contribution in [1.29, 1.82) is 0 Å². The molecule has 3 rings (SSSR count). The van der Waals surface area contributed by atoms with Crippen LogP contribution in [0.4, 0.5) is 4.39 Å². The van der Waals surface area contributed by atoms with E-state index in [2.05, 4.69) is 4.72 Å². The van der Waals surface area contributed by atoms with E-state index in [4.69, 9.17) is 16.3 Å². The monoisotopic (exact) mass is 383 g/mol. The summed E-state index contributed by atoms with van der Waals surface area (Å²) in [5, 5.41) is 0.0230. The quantitative estimate of drug-likeness (QED) is 0.777. The number of ether oxygens (including phenoxy) is 1. The van der Waals surface area contributed by atoms with Crippen molar-refractivity contribution in [1.82, 2.24) is 4.72 Å². The molecule has 1 fully saturated rings. The van der Waals surface area contributed by atoms with Gasteiger partial charge in [0.25, 0.3) is 0 Å². The molecule has 1 aliphatic rings. The third-order valence-electron chi connectivity index (χ3n) is 3.61. The smallest absolute Gasteiger partial charge is 0.338 e. The number of hydrogen-bond donors (Lipinski definition) is 1. The summed E-state index contributed by atoms with van der Waals surface area (Å²) in [7, 11) is -3.80. The maximum atomic E-state index is 13.1. The Bertz CT molecular complexity index is 913. The van der Waals surface area contributed by atoms with Gasteiger partial charge in [0.1, 0.15) is 17.3 Å². The van der Waals surface area contributed by atoms with E-state index in [1.807, 2.05) is 0 Å². The molecule has 0 heterocycles. The normalized spacial score (nSPS) is 14.3. The summed E-state index contributed by atoms with van der Waals surface area (Å²) in [6.07, 6.45) is 1.57. The van der Waals surface area contributed by atoms with Gasteiger partial charge in [-0.3, -0.25) is 0 Å². The Kier molecular flexibility index (Phi) is 5.08. The van der Waals surface area contributed by atoms with Crippen LogP contribution in [0.3, 0.4) is 0 Å². The van der Waals surface area contributed by atoms with Crippen molar-refractivity contribution in [3.05, 3.63) is 64.4 Å². The minimum atomic E-state index is -3.80. The Hall–Kier alpha value is -1.96. The predicted octanol–water partition coefficient (Wildman–Crippen LogP) is 3.28. The van der Waals surface area contributed by atoms with Crippen LogP contribution >= 0.6 is 11.6 Å². The molecule has 0 saturated heterocycles. The van der Waals surface area contributed by atoms with E-state index in [-0.39, 0.29) is 28.1 Å². The zero-order valence-electron chi connectivity index (χ0n) is 13.0. The van der Waals surface area contributed by atoms with E-state index in [0.717, 1.165) is 12.8 Å². The summed E-state index contributed by atoms with van der Waals surface area (Å²) in [4.78, 5) is 12.0. The van der Waals surface area contributed by atoms with Crippen LogP contribution in [0.15, 0.2) is 47.4 Å². The molecular weight excluding hydrogens is 369 g/mol. The molecule has 8 heteroatoms. The van der Waals surface area contributed by atoms with E-state index in [9.17, 15) is 17.6 Å². The summed E-state index contributed by atoms with van der Waals surface area (Å²) in [5.41, 5.74) is 0.544. The highest BCUT2D eigenvalue weighted by molar-refractivity contribution is 7.89. The van der Waals surface area contributed by atoms with Gasteiger partial charge in [-0.25, -0.2) is 22.3 Å². The highest BCUT2D eigenvalue weighted by atomic mass is 35.5. The average molecular weight is 384 g/mol. The maximum Gasteiger partial charge on any atom is 0.338 e.